The number of rotatable bonds is 3. The first-order valence-electron chi connectivity index (χ1n) is 6.04. The maximum Gasteiger partial charge on any atom is 0.239 e. The molecule has 1 saturated heterocycles. The summed E-state index contributed by atoms with van der Waals surface area (Å²) in [6.07, 6.45) is 5.52. The molecule has 17 heavy (non-hydrogen) atoms. The Balaban J connectivity index is 1.82. The van der Waals surface area contributed by atoms with Crippen molar-refractivity contribution in [3.63, 3.8) is 0 Å². The first-order chi connectivity index (χ1) is 8.20. The number of hydrogen-bond acceptors (Lipinski definition) is 4. The summed E-state index contributed by atoms with van der Waals surface area (Å²) >= 11 is 1.82. The fourth-order valence-corrected chi connectivity index (χ4v) is 3.34. The van der Waals surface area contributed by atoms with Crippen molar-refractivity contribution in [1.29, 1.82) is 0 Å². The second-order valence-electron chi connectivity index (χ2n) is 4.56. The van der Waals surface area contributed by atoms with E-state index in [1.54, 1.807) is 0 Å². The van der Waals surface area contributed by atoms with Gasteiger partial charge in [-0.1, -0.05) is 6.42 Å². The van der Waals surface area contributed by atoms with E-state index >= 15 is 0 Å². The molecule has 1 aliphatic heterocycles. The molecule has 0 bridgehead atoms. The minimum atomic E-state index is -0.282. The highest BCUT2D eigenvalue weighted by Gasteiger charge is 2.31. The smallest absolute Gasteiger partial charge is 0.239 e. The van der Waals surface area contributed by atoms with Crippen molar-refractivity contribution in [3.8, 4) is 0 Å². The molecule has 0 radical (unpaired) electrons. The van der Waals surface area contributed by atoms with E-state index in [0.717, 1.165) is 6.42 Å². The van der Waals surface area contributed by atoms with Gasteiger partial charge in [-0.2, -0.15) is 11.8 Å². The van der Waals surface area contributed by atoms with Crippen LogP contribution in [0, 0.1) is 0 Å². The van der Waals surface area contributed by atoms with Crippen molar-refractivity contribution in [1.82, 2.24) is 16.0 Å². The minimum absolute atomic E-state index is 0.0101. The van der Waals surface area contributed by atoms with Crippen LogP contribution in [0.3, 0.4) is 0 Å². The van der Waals surface area contributed by atoms with E-state index in [-0.39, 0.29) is 30.4 Å². The number of hydrogen-bond donors (Lipinski definition) is 3. The fourth-order valence-electron chi connectivity index (χ4n) is 2.41. The van der Waals surface area contributed by atoms with Crippen LogP contribution in [0.1, 0.15) is 19.3 Å². The number of amides is 2. The zero-order chi connectivity index (χ0) is 12.3. The average Bonchev–Trinajstić information content (AvgIpc) is 2.77. The molecule has 3 unspecified atom stereocenters. The summed E-state index contributed by atoms with van der Waals surface area (Å²) in [5.74, 6) is -0.0344. The summed E-state index contributed by atoms with van der Waals surface area (Å²) < 4.78 is 0. The van der Waals surface area contributed by atoms with E-state index in [1.165, 1.54) is 12.8 Å². The molecule has 1 saturated carbocycles. The van der Waals surface area contributed by atoms with Crippen molar-refractivity contribution in [2.24, 2.45) is 0 Å². The maximum atomic E-state index is 12.0. The Hall–Kier alpha value is -0.750. The molecule has 2 aliphatic rings. The topological polar surface area (TPSA) is 70.2 Å². The molecule has 2 amide bonds. The van der Waals surface area contributed by atoms with E-state index < -0.39 is 0 Å². The lowest BCUT2D eigenvalue weighted by Gasteiger charge is -2.26. The van der Waals surface area contributed by atoms with Crippen molar-refractivity contribution in [2.45, 2.75) is 36.6 Å². The lowest BCUT2D eigenvalue weighted by atomic mass is 10.2. The van der Waals surface area contributed by atoms with Gasteiger partial charge in [-0.15, -0.1) is 0 Å². The molecule has 5 nitrogen and oxygen atoms in total. The van der Waals surface area contributed by atoms with Crippen LogP contribution in [-0.2, 0) is 9.59 Å². The number of thioether (sulfide) groups is 1. The van der Waals surface area contributed by atoms with Crippen LogP contribution in [0.4, 0.5) is 0 Å². The Kier molecular flexibility index (Phi) is 4.28. The predicted molar refractivity (Wildman–Crippen MR) is 67.9 cm³/mol. The average molecular weight is 257 g/mol. The van der Waals surface area contributed by atoms with E-state index in [4.69, 9.17) is 0 Å². The van der Waals surface area contributed by atoms with Gasteiger partial charge in [0.25, 0.3) is 0 Å². The SMILES string of the molecule is CSC1CCCC1NC(=O)C1CNC(=O)CN1. The molecule has 0 aromatic rings. The molecule has 0 aromatic heterocycles. The summed E-state index contributed by atoms with van der Waals surface area (Å²) in [6, 6.07) is 0.00716. The van der Waals surface area contributed by atoms with Crippen molar-refractivity contribution >= 4 is 23.6 Å². The molecular weight excluding hydrogens is 238 g/mol. The van der Waals surface area contributed by atoms with E-state index in [9.17, 15) is 9.59 Å². The molecule has 6 heteroatoms. The lowest BCUT2D eigenvalue weighted by Crippen LogP contribution is -2.59. The number of carbonyl (C=O) groups is 2. The molecule has 0 aromatic carbocycles. The third kappa shape index (κ3) is 3.13. The molecule has 3 atom stereocenters. The highest BCUT2D eigenvalue weighted by Crippen LogP contribution is 2.28. The van der Waals surface area contributed by atoms with Crippen LogP contribution < -0.4 is 16.0 Å². The first-order valence-corrected chi connectivity index (χ1v) is 7.32. The van der Waals surface area contributed by atoms with Crippen LogP contribution >= 0.6 is 11.8 Å². The largest absolute Gasteiger partial charge is 0.353 e. The molecular formula is C11H19N3O2S. The molecule has 1 heterocycles. The Bertz CT molecular complexity index is 301. The second-order valence-corrected chi connectivity index (χ2v) is 5.63. The third-order valence-corrected chi connectivity index (χ3v) is 4.58. The zero-order valence-electron chi connectivity index (χ0n) is 9.99. The number of nitrogens with one attached hydrogen (secondary N) is 3. The normalized spacial score (nSPS) is 33.2. The van der Waals surface area contributed by atoms with Crippen LogP contribution in [0.15, 0.2) is 0 Å². The third-order valence-electron chi connectivity index (χ3n) is 3.41. The summed E-state index contributed by atoms with van der Waals surface area (Å²) in [5.41, 5.74) is 0. The highest BCUT2D eigenvalue weighted by molar-refractivity contribution is 7.99. The standard InChI is InChI=1S/C11H19N3O2S/c1-17-9-4-2-3-7(9)14-11(16)8-5-13-10(15)6-12-8/h7-9,12H,2-6H2,1H3,(H,13,15)(H,14,16). The second kappa shape index (κ2) is 5.73. The molecule has 2 fully saturated rings. The van der Waals surface area contributed by atoms with Gasteiger partial charge in [0.05, 0.1) is 6.54 Å². The lowest BCUT2D eigenvalue weighted by molar-refractivity contribution is -0.127. The highest BCUT2D eigenvalue weighted by atomic mass is 32.2. The van der Waals surface area contributed by atoms with Gasteiger partial charge < -0.3 is 10.6 Å². The monoisotopic (exact) mass is 257 g/mol. The Morgan fingerprint density at radius 3 is 2.94 bits per heavy atom. The fraction of sp³-hybridized carbons (Fsp3) is 0.818. The Morgan fingerprint density at radius 2 is 2.29 bits per heavy atom. The van der Waals surface area contributed by atoms with E-state index in [2.05, 4.69) is 22.2 Å². The van der Waals surface area contributed by atoms with Gasteiger partial charge >= 0.3 is 0 Å². The molecule has 1 aliphatic carbocycles. The van der Waals surface area contributed by atoms with Gasteiger partial charge in [-0.25, -0.2) is 0 Å². The van der Waals surface area contributed by atoms with E-state index in [1.807, 2.05) is 11.8 Å². The van der Waals surface area contributed by atoms with Gasteiger partial charge in [-0.05, 0) is 19.1 Å². The molecule has 96 valence electrons. The van der Waals surface area contributed by atoms with Crippen LogP contribution in [0.25, 0.3) is 0 Å². The van der Waals surface area contributed by atoms with Gasteiger partial charge in [0, 0.05) is 17.8 Å². The van der Waals surface area contributed by atoms with Crippen LogP contribution in [0.2, 0.25) is 0 Å². The Labute approximate surface area is 105 Å². The molecule has 2 rings (SSSR count). The summed E-state index contributed by atoms with van der Waals surface area (Å²) in [6.45, 7) is 0.621. The van der Waals surface area contributed by atoms with Gasteiger partial charge in [-0.3, -0.25) is 14.9 Å². The zero-order valence-corrected chi connectivity index (χ0v) is 10.8. The van der Waals surface area contributed by atoms with Gasteiger partial charge in [0.2, 0.25) is 11.8 Å². The van der Waals surface area contributed by atoms with E-state index in [0.29, 0.717) is 11.8 Å². The quantitative estimate of drug-likeness (QED) is 0.636. The van der Waals surface area contributed by atoms with Crippen molar-refractivity contribution < 1.29 is 9.59 Å². The molecule has 0 spiro atoms. The summed E-state index contributed by atoms with van der Waals surface area (Å²) in [5, 5.41) is 9.27. The van der Waals surface area contributed by atoms with Crippen LogP contribution in [0.5, 0.6) is 0 Å². The number of piperazine rings is 1. The first kappa shape index (κ1) is 12.7. The minimum Gasteiger partial charge on any atom is -0.353 e. The van der Waals surface area contributed by atoms with Crippen molar-refractivity contribution in [2.75, 3.05) is 19.3 Å². The summed E-state index contributed by atoms with van der Waals surface area (Å²) in [7, 11) is 0. The van der Waals surface area contributed by atoms with Crippen molar-refractivity contribution in [3.05, 3.63) is 0 Å². The summed E-state index contributed by atoms with van der Waals surface area (Å²) in [4.78, 5) is 23.0. The van der Waals surface area contributed by atoms with Crippen LogP contribution in [-0.4, -0.2) is 48.5 Å². The predicted octanol–water partition coefficient (Wildman–Crippen LogP) is -0.525. The van der Waals surface area contributed by atoms with Gasteiger partial charge in [0.15, 0.2) is 0 Å². The maximum absolute atomic E-state index is 12.0. The Morgan fingerprint density at radius 1 is 1.47 bits per heavy atom. The number of carbonyl (C=O) groups excluding carboxylic acids is 2. The molecule has 3 N–H and O–H groups in total. The van der Waals surface area contributed by atoms with Gasteiger partial charge in [0.1, 0.15) is 6.04 Å².